The van der Waals surface area contributed by atoms with Gasteiger partial charge in [0, 0.05) is 18.8 Å². The number of hydrogen-bond donors (Lipinski definition) is 0. The summed E-state index contributed by atoms with van der Waals surface area (Å²) in [6, 6.07) is 0. The molecule has 0 atom stereocenters. The summed E-state index contributed by atoms with van der Waals surface area (Å²) in [5.74, 6) is 0.184. The Labute approximate surface area is 126 Å². The van der Waals surface area contributed by atoms with Crippen molar-refractivity contribution >= 4 is 11.3 Å². The fourth-order valence-electron chi connectivity index (χ4n) is 2.60. The minimum Gasteiger partial charge on any atom is -0.294 e. The summed E-state index contributed by atoms with van der Waals surface area (Å²) in [6.45, 7) is 2.24. The minimum atomic E-state index is 0.184. The molecule has 0 radical (unpaired) electrons. The highest BCUT2D eigenvalue weighted by Gasteiger charge is 2.11. The van der Waals surface area contributed by atoms with E-state index in [1.54, 1.807) is 29.3 Å². The third-order valence-corrected chi connectivity index (χ3v) is 3.88. The van der Waals surface area contributed by atoms with Crippen molar-refractivity contribution < 1.29 is 4.79 Å². The zero-order chi connectivity index (χ0) is 14.9. The molecule has 0 spiro atoms. The van der Waals surface area contributed by atoms with Gasteiger partial charge in [0.15, 0.2) is 5.78 Å². The molecule has 2 aromatic rings. The molecule has 0 saturated carbocycles. The van der Waals surface area contributed by atoms with Gasteiger partial charge in [-0.3, -0.25) is 9.78 Å². The molecule has 0 bridgehead atoms. The van der Waals surface area contributed by atoms with Gasteiger partial charge >= 0.3 is 0 Å². The molecule has 0 unspecified atom stereocenters. The summed E-state index contributed by atoms with van der Waals surface area (Å²) in [5, 5.41) is 4.18. The van der Waals surface area contributed by atoms with Gasteiger partial charge in [-0.05, 0) is 6.42 Å². The molecular weight excluding hydrogens is 262 g/mol. The molecule has 2 heterocycles. The largest absolute Gasteiger partial charge is 0.294 e. The first kappa shape index (κ1) is 15.7. The number of ketones is 1. The highest BCUT2D eigenvalue weighted by Crippen LogP contribution is 2.15. The van der Waals surface area contributed by atoms with E-state index in [-0.39, 0.29) is 5.78 Å². The Morgan fingerprint density at radius 2 is 1.76 bits per heavy atom. The van der Waals surface area contributed by atoms with Gasteiger partial charge in [0.05, 0.1) is 23.5 Å². The van der Waals surface area contributed by atoms with Gasteiger partial charge in [0.1, 0.15) is 0 Å². The molecule has 0 saturated heterocycles. The third-order valence-electron chi connectivity index (χ3n) is 3.88. The lowest BCUT2D eigenvalue weighted by Gasteiger charge is -2.01. The SMILES string of the molecule is CCCCCCCCCCC(=O)c1cnn2ccncc12. The van der Waals surface area contributed by atoms with E-state index >= 15 is 0 Å². The van der Waals surface area contributed by atoms with E-state index in [0.717, 1.165) is 18.4 Å². The lowest BCUT2D eigenvalue weighted by Crippen LogP contribution is -1.99. The number of hydrogen-bond acceptors (Lipinski definition) is 3. The molecule has 0 aliphatic carbocycles. The van der Waals surface area contributed by atoms with E-state index < -0.39 is 0 Å². The number of unbranched alkanes of at least 4 members (excludes halogenated alkanes) is 7. The van der Waals surface area contributed by atoms with Crippen LogP contribution in [0.25, 0.3) is 5.52 Å². The molecule has 2 aromatic heterocycles. The molecule has 4 heteroatoms. The minimum absolute atomic E-state index is 0.184. The van der Waals surface area contributed by atoms with Crippen LogP contribution in [-0.4, -0.2) is 20.4 Å². The van der Waals surface area contributed by atoms with Gasteiger partial charge < -0.3 is 0 Å². The van der Waals surface area contributed by atoms with E-state index in [2.05, 4.69) is 17.0 Å². The maximum Gasteiger partial charge on any atom is 0.166 e. The molecule has 114 valence electrons. The lowest BCUT2D eigenvalue weighted by atomic mass is 10.0. The van der Waals surface area contributed by atoms with Crippen molar-refractivity contribution in [1.29, 1.82) is 0 Å². The molecule has 4 nitrogen and oxygen atoms in total. The van der Waals surface area contributed by atoms with Gasteiger partial charge in [0.25, 0.3) is 0 Å². The lowest BCUT2D eigenvalue weighted by molar-refractivity contribution is 0.0980. The van der Waals surface area contributed by atoms with Crippen LogP contribution in [0, 0.1) is 0 Å². The second-order valence-corrected chi connectivity index (χ2v) is 5.61. The Balaban J connectivity index is 1.68. The fraction of sp³-hybridized carbons (Fsp3) is 0.588. The Bertz CT molecular complexity index is 562. The first-order valence-electron chi connectivity index (χ1n) is 8.13. The van der Waals surface area contributed by atoms with Crippen molar-refractivity contribution in [1.82, 2.24) is 14.6 Å². The van der Waals surface area contributed by atoms with Gasteiger partial charge in [0.2, 0.25) is 0 Å². The van der Waals surface area contributed by atoms with Crippen LogP contribution in [-0.2, 0) is 0 Å². The summed E-state index contributed by atoms with van der Waals surface area (Å²) in [7, 11) is 0. The molecule has 0 aromatic carbocycles. The van der Waals surface area contributed by atoms with Crippen molar-refractivity contribution in [3.8, 4) is 0 Å². The number of fused-ring (bicyclic) bond motifs is 1. The Kier molecular flexibility index (Phi) is 6.38. The van der Waals surface area contributed by atoms with Crippen LogP contribution in [0.4, 0.5) is 0 Å². The van der Waals surface area contributed by atoms with E-state index in [1.165, 1.54) is 38.5 Å². The summed E-state index contributed by atoms with van der Waals surface area (Å²) in [5.41, 5.74) is 1.51. The number of carbonyl (C=O) groups excluding carboxylic acids is 1. The highest BCUT2D eigenvalue weighted by atomic mass is 16.1. The van der Waals surface area contributed by atoms with E-state index in [1.807, 2.05) is 0 Å². The zero-order valence-electron chi connectivity index (χ0n) is 12.9. The van der Waals surface area contributed by atoms with Crippen molar-refractivity contribution in [2.24, 2.45) is 0 Å². The van der Waals surface area contributed by atoms with Crippen molar-refractivity contribution in [2.45, 2.75) is 64.7 Å². The first-order valence-corrected chi connectivity index (χ1v) is 8.13. The number of carbonyl (C=O) groups is 1. The molecule has 0 amide bonds. The Hall–Kier alpha value is -1.71. The van der Waals surface area contributed by atoms with Crippen LogP contribution < -0.4 is 0 Å². The van der Waals surface area contributed by atoms with Crippen LogP contribution in [0.15, 0.2) is 24.8 Å². The maximum absolute atomic E-state index is 12.2. The molecule has 0 fully saturated rings. The van der Waals surface area contributed by atoms with Gasteiger partial charge in [-0.1, -0.05) is 51.9 Å². The van der Waals surface area contributed by atoms with Crippen LogP contribution in [0.3, 0.4) is 0 Å². The molecule has 21 heavy (non-hydrogen) atoms. The number of Topliss-reactive ketones (excluding diaryl/α,β-unsaturated/α-hetero) is 1. The summed E-state index contributed by atoms with van der Waals surface area (Å²) in [4.78, 5) is 16.3. The van der Waals surface area contributed by atoms with Crippen molar-refractivity contribution in [3.05, 3.63) is 30.4 Å². The topological polar surface area (TPSA) is 47.3 Å². The van der Waals surface area contributed by atoms with E-state index in [4.69, 9.17) is 0 Å². The van der Waals surface area contributed by atoms with Crippen molar-refractivity contribution in [3.63, 3.8) is 0 Å². The summed E-state index contributed by atoms with van der Waals surface area (Å²) in [6.07, 6.45) is 17.4. The zero-order valence-corrected chi connectivity index (χ0v) is 12.9. The molecular formula is C17H25N3O. The number of nitrogens with zero attached hydrogens (tertiary/aromatic N) is 3. The monoisotopic (exact) mass is 287 g/mol. The van der Waals surface area contributed by atoms with Crippen LogP contribution in [0.1, 0.15) is 75.1 Å². The normalized spacial score (nSPS) is 11.1. The van der Waals surface area contributed by atoms with Gasteiger partial charge in [-0.25, -0.2) is 4.52 Å². The average molecular weight is 287 g/mol. The van der Waals surface area contributed by atoms with Gasteiger partial charge in [-0.2, -0.15) is 5.10 Å². The summed E-state index contributed by atoms with van der Waals surface area (Å²) < 4.78 is 1.70. The summed E-state index contributed by atoms with van der Waals surface area (Å²) >= 11 is 0. The molecule has 0 aliphatic heterocycles. The van der Waals surface area contributed by atoms with Crippen LogP contribution in [0.5, 0.6) is 0 Å². The predicted octanol–water partition coefficient (Wildman–Crippen LogP) is 4.44. The second-order valence-electron chi connectivity index (χ2n) is 5.61. The molecule has 0 N–H and O–H groups in total. The Morgan fingerprint density at radius 3 is 2.52 bits per heavy atom. The smallest absolute Gasteiger partial charge is 0.166 e. The van der Waals surface area contributed by atoms with Gasteiger partial charge in [-0.15, -0.1) is 0 Å². The Morgan fingerprint density at radius 1 is 1.05 bits per heavy atom. The number of aromatic nitrogens is 3. The standard InChI is InChI=1S/C17H25N3O/c1-2-3-4-5-6-7-8-9-10-17(21)15-13-19-20-12-11-18-14-16(15)20/h11-14H,2-10H2,1H3. The van der Waals surface area contributed by atoms with Crippen LogP contribution in [0.2, 0.25) is 0 Å². The fourth-order valence-corrected chi connectivity index (χ4v) is 2.60. The third kappa shape index (κ3) is 4.66. The first-order chi connectivity index (χ1) is 10.3. The second kappa shape index (κ2) is 8.55. The maximum atomic E-state index is 12.2. The predicted molar refractivity (Wildman–Crippen MR) is 84.5 cm³/mol. The number of rotatable bonds is 10. The van der Waals surface area contributed by atoms with E-state index in [9.17, 15) is 4.79 Å². The molecule has 2 rings (SSSR count). The average Bonchev–Trinajstić information content (AvgIpc) is 2.94. The van der Waals surface area contributed by atoms with E-state index in [0.29, 0.717) is 12.0 Å². The highest BCUT2D eigenvalue weighted by molar-refractivity contribution is 6.01. The van der Waals surface area contributed by atoms with Crippen LogP contribution >= 0.6 is 0 Å². The quantitative estimate of drug-likeness (QED) is 0.479. The van der Waals surface area contributed by atoms with Crippen molar-refractivity contribution in [2.75, 3.05) is 0 Å². The molecule has 0 aliphatic rings.